The van der Waals surface area contributed by atoms with Crippen molar-refractivity contribution in [2.24, 2.45) is 0 Å². The lowest BCUT2D eigenvalue weighted by Crippen LogP contribution is -2.42. The zero-order chi connectivity index (χ0) is 17.1. The molecule has 1 aromatic heterocycles. The second kappa shape index (κ2) is 7.32. The van der Waals surface area contributed by atoms with E-state index in [4.69, 9.17) is 20.8 Å². The molecule has 1 fully saturated rings. The predicted octanol–water partition coefficient (Wildman–Crippen LogP) is 3.64. The summed E-state index contributed by atoms with van der Waals surface area (Å²) < 4.78 is 10.8. The van der Waals surface area contributed by atoms with Gasteiger partial charge in [0.15, 0.2) is 0 Å². The average molecular weight is 366 g/mol. The molecule has 1 amide bonds. The van der Waals surface area contributed by atoms with Crippen LogP contribution in [0.2, 0.25) is 5.02 Å². The number of rotatable bonds is 4. The van der Waals surface area contributed by atoms with Gasteiger partial charge in [-0.15, -0.1) is 11.8 Å². The Balaban J connectivity index is 1.70. The smallest absolute Gasteiger partial charge is 0.330 e. The van der Waals surface area contributed by atoms with Gasteiger partial charge in [-0.1, -0.05) is 29.8 Å². The normalized spacial score (nSPS) is 20.2. The standard InChI is InChI=1S/C17H16ClNO4S/c1-11(20)19-14(10-24-16(19)15-7-4-8-22-15)17(21)23-9-12-5-2-3-6-13(12)18/h2-8,14,16H,9-10H2,1H3/t14-,16-/m0/s1. The summed E-state index contributed by atoms with van der Waals surface area (Å²) in [5.41, 5.74) is 0.732. The van der Waals surface area contributed by atoms with Crippen molar-refractivity contribution in [2.75, 3.05) is 5.75 Å². The number of hydrogen-bond donors (Lipinski definition) is 0. The lowest BCUT2D eigenvalue weighted by molar-refractivity contribution is -0.154. The Hall–Kier alpha value is -1.92. The molecule has 0 N–H and O–H groups in total. The van der Waals surface area contributed by atoms with Crippen LogP contribution in [0.1, 0.15) is 23.6 Å². The lowest BCUT2D eigenvalue weighted by atomic mass is 10.2. The molecule has 1 aliphatic heterocycles. The van der Waals surface area contributed by atoms with Gasteiger partial charge in [-0.2, -0.15) is 0 Å². The summed E-state index contributed by atoms with van der Waals surface area (Å²) in [6.07, 6.45) is 1.55. The minimum absolute atomic E-state index is 0.0802. The largest absolute Gasteiger partial charge is 0.466 e. The molecule has 24 heavy (non-hydrogen) atoms. The number of hydrogen-bond acceptors (Lipinski definition) is 5. The van der Waals surface area contributed by atoms with Gasteiger partial charge in [0.2, 0.25) is 5.91 Å². The van der Waals surface area contributed by atoms with E-state index in [0.29, 0.717) is 16.5 Å². The number of carbonyl (C=O) groups excluding carboxylic acids is 2. The fourth-order valence-corrected chi connectivity index (χ4v) is 4.19. The summed E-state index contributed by atoms with van der Waals surface area (Å²) >= 11 is 7.55. The number of carbonyl (C=O) groups is 2. The molecule has 126 valence electrons. The average Bonchev–Trinajstić information content (AvgIpc) is 3.22. The summed E-state index contributed by atoms with van der Waals surface area (Å²) in [7, 11) is 0. The van der Waals surface area contributed by atoms with Gasteiger partial charge in [-0.05, 0) is 18.2 Å². The molecule has 0 radical (unpaired) electrons. The highest BCUT2D eigenvalue weighted by Gasteiger charge is 2.43. The number of amides is 1. The Kier molecular flexibility index (Phi) is 5.16. The van der Waals surface area contributed by atoms with E-state index < -0.39 is 12.0 Å². The maximum absolute atomic E-state index is 12.5. The van der Waals surface area contributed by atoms with E-state index in [2.05, 4.69) is 0 Å². The van der Waals surface area contributed by atoms with Crippen molar-refractivity contribution in [1.29, 1.82) is 0 Å². The second-order valence-corrected chi connectivity index (χ2v) is 6.86. The third kappa shape index (κ3) is 3.44. The van der Waals surface area contributed by atoms with Crippen molar-refractivity contribution in [3.63, 3.8) is 0 Å². The number of benzene rings is 1. The van der Waals surface area contributed by atoms with E-state index in [0.717, 1.165) is 5.56 Å². The van der Waals surface area contributed by atoms with Crippen LogP contribution in [0.3, 0.4) is 0 Å². The van der Waals surface area contributed by atoms with Crippen molar-refractivity contribution in [3.8, 4) is 0 Å². The molecule has 2 atom stereocenters. The fraction of sp³-hybridized carbons (Fsp3) is 0.294. The Morgan fingerprint density at radius 2 is 2.12 bits per heavy atom. The van der Waals surface area contributed by atoms with Gasteiger partial charge in [0.1, 0.15) is 23.8 Å². The van der Waals surface area contributed by atoms with Crippen LogP contribution in [0.15, 0.2) is 47.1 Å². The molecule has 0 aliphatic carbocycles. The van der Waals surface area contributed by atoms with Gasteiger partial charge in [0.05, 0.1) is 6.26 Å². The van der Waals surface area contributed by atoms with E-state index in [1.54, 1.807) is 30.5 Å². The highest BCUT2D eigenvalue weighted by molar-refractivity contribution is 7.99. The summed E-state index contributed by atoms with van der Waals surface area (Å²) in [4.78, 5) is 26.0. The number of furan rings is 1. The summed E-state index contributed by atoms with van der Waals surface area (Å²) in [6.45, 7) is 1.52. The third-order valence-corrected chi connectivity index (χ3v) is 5.40. The quantitative estimate of drug-likeness (QED) is 0.774. The molecule has 0 saturated carbocycles. The number of nitrogens with zero attached hydrogens (tertiary/aromatic N) is 1. The monoisotopic (exact) mass is 365 g/mol. The molecule has 2 aromatic rings. The van der Waals surface area contributed by atoms with Crippen molar-refractivity contribution in [3.05, 3.63) is 59.0 Å². The minimum Gasteiger partial charge on any atom is -0.466 e. The molecule has 0 spiro atoms. The molecule has 1 saturated heterocycles. The van der Waals surface area contributed by atoms with Crippen LogP contribution in [0.5, 0.6) is 0 Å². The molecule has 0 unspecified atom stereocenters. The van der Waals surface area contributed by atoms with Crippen LogP contribution < -0.4 is 0 Å². The zero-order valence-electron chi connectivity index (χ0n) is 13.0. The van der Waals surface area contributed by atoms with Crippen molar-refractivity contribution in [1.82, 2.24) is 4.90 Å². The lowest BCUT2D eigenvalue weighted by Gasteiger charge is -2.25. The maximum Gasteiger partial charge on any atom is 0.330 e. The van der Waals surface area contributed by atoms with Gasteiger partial charge < -0.3 is 14.1 Å². The molecule has 2 heterocycles. The Bertz CT molecular complexity index is 734. The van der Waals surface area contributed by atoms with Crippen LogP contribution >= 0.6 is 23.4 Å². The number of halogens is 1. The summed E-state index contributed by atoms with van der Waals surface area (Å²) in [6, 6.07) is 10.1. The highest BCUT2D eigenvalue weighted by Crippen LogP contribution is 2.41. The summed E-state index contributed by atoms with van der Waals surface area (Å²) in [5.74, 6) is 0.483. The predicted molar refractivity (Wildman–Crippen MR) is 91.5 cm³/mol. The molecular weight excluding hydrogens is 350 g/mol. The molecule has 5 nitrogen and oxygen atoms in total. The fourth-order valence-electron chi connectivity index (χ4n) is 2.58. The molecule has 0 bridgehead atoms. The van der Waals surface area contributed by atoms with Crippen LogP contribution in [-0.2, 0) is 20.9 Å². The first-order valence-electron chi connectivity index (χ1n) is 7.42. The first-order chi connectivity index (χ1) is 11.6. The minimum atomic E-state index is -0.634. The van der Waals surface area contributed by atoms with Gasteiger partial charge in [0.25, 0.3) is 0 Å². The van der Waals surface area contributed by atoms with Crippen molar-refractivity contribution < 1.29 is 18.7 Å². The second-order valence-electron chi connectivity index (χ2n) is 5.34. The Morgan fingerprint density at radius 3 is 2.79 bits per heavy atom. The zero-order valence-corrected chi connectivity index (χ0v) is 14.5. The first-order valence-corrected chi connectivity index (χ1v) is 8.84. The Morgan fingerprint density at radius 1 is 1.33 bits per heavy atom. The van der Waals surface area contributed by atoms with E-state index in [9.17, 15) is 9.59 Å². The molecule has 1 aromatic carbocycles. The summed E-state index contributed by atoms with van der Waals surface area (Å²) in [5, 5.41) is 0.235. The van der Waals surface area contributed by atoms with Crippen molar-refractivity contribution in [2.45, 2.75) is 24.9 Å². The van der Waals surface area contributed by atoms with E-state index in [1.165, 1.54) is 23.6 Å². The molecule has 3 rings (SSSR count). The highest BCUT2D eigenvalue weighted by atomic mass is 35.5. The van der Waals surface area contributed by atoms with Gasteiger partial charge in [0, 0.05) is 23.3 Å². The number of esters is 1. The maximum atomic E-state index is 12.5. The first kappa shape index (κ1) is 16.9. The van der Waals surface area contributed by atoms with Crippen LogP contribution in [-0.4, -0.2) is 28.6 Å². The van der Waals surface area contributed by atoms with Crippen LogP contribution in [0.25, 0.3) is 0 Å². The van der Waals surface area contributed by atoms with Gasteiger partial charge in [-0.3, -0.25) is 4.79 Å². The van der Waals surface area contributed by atoms with Crippen LogP contribution in [0, 0.1) is 0 Å². The van der Waals surface area contributed by atoms with Gasteiger partial charge >= 0.3 is 5.97 Å². The Labute approximate surface area is 148 Å². The number of thioether (sulfide) groups is 1. The SMILES string of the molecule is CC(=O)N1[C@H](C(=O)OCc2ccccc2Cl)CS[C@H]1c1ccco1. The van der Waals surface area contributed by atoms with E-state index >= 15 is 0 Å². The topological polar surface area (TPSA) is 59.8 Å². The molecule has 1 aliphatic rings. The third-order valence-electron chi connectivity index (χ3n) is 3.75. The van der Waals surface area contributed by atoms with E-state index in [1.807, 2.05) is 12.1 Å². The molecule has 7 heteroatoms. The van der Waals surface area contributed by atoms with Crippen LogP contribution in [0.4, 0.5) is 0 Å². The van der Waals surface area contributed by atoms with E-state index in [-0.39, 0.29) is 17.9 Å². The van der Waals surface area contributed by atoms with Gasteiger partial charge in [-0.25, -0.2) is 4.79 Å². The van der Waals surface area contributed by atoms with Crippen molar-refractivity contribution >= 4 is 35.2 Å². The molecular formula is C17H16ClNO4S. The number of ether oxygens (including phenoxy) is 1.